The van der Waals surface area contributed by atoms with Gasteiger partial charge in [0.2, 0.25) is 5.91 Å². The maximum Gasteiger partial charge on any atom is 0.490 e. The van der Waals surface area contributed by atoms with E-state index in [1.54, 1.807) is 6.20 Å². The van der Waals surface area contributed by atoms with Gasteiger partial charge in [-0.15, -0.1) is 11.3 Å². The van der Waals surface area contributed by atoms with Crippen LogP contribution >= 0.6 is 11.3 Å². The molecule has 1 spiro atoms. The van der Waals surface area contributed by atoms with Gasteiger partial charge in [0.1, 0.15) is 0 Å². The van der Waals surface area contributed by atoms with Crippen LogP contribution in [0, 0.1) is 5.41 Å². The summed E-state index contributed by atoms with van der Waals surface area (Å²) in [4.78, 5) is 41.1. The zero-order valence-electron chi connectivity index (χ0n) is 19.8. The molecule has 8 nitrogen and oxygen atoms in total. The molecular formula is C23H25F6N3O5S. The van der Waals surface area contributed by atoms with E-state index in [0.29, 0.717) is 12.5 Å². The molecule has 0 unspecified atom stereocenters. The summed E-state index contributed by atoms with van der Waals surface area (Å²) in [5, 5.41) is 16.4. The Bertz CT molecular complexity index is 1030. The van der Waals surface area contributed by atoms with Crippen molar-refractivity contribution in [1.82, 2.24) is 14.8 Å². The maximum atomic E-state index is 13.0. The molecule has 2 aromatic rings. The zero-order chi connectivity index (χ0) is 28.6. The largest absolute Gasteiger partial charge is 0.490 e. The summed E-state index contributed by atoms with van der Waals surface area (Å²) in [5.74, 6) is -5.16. The number of aliphatic carboxylic acids is 2. The van der Waals surface area contributed by atoms with Gasteiger partial charge in [-0.05, 0) is 55.9 Å². The van der Waals surface area contributed by atoms with E-state index in [1.807, 2.05) is 34.4 Å². The molecule has 0 radical (unpaired) electrons. The zero-order valence-corrected chi connectivity index (χ0v) is 20.7. The Morgan fingerprint density at radius 2 is 1.45 bits per heavy atom. The molecule has 2 fully saturated rings. The fourth-order valence-electron chi connectivity index (χ4n) is 3.96. The third-order valence-electron chi connectivity index (χ3n) is 5.94. The fourth-order valence-corrected chi connectivity index (χ4v) is 4.70. The molecule has 15 heteroatoms. The summed E-state index contributed by atoms with van der Waals surface area (Å²) in [6.45, 7) is 4.61. The minimum absolute atomic E-state index is 0.110. The first-order chi connectivity index (χ1) is 17.6. The predicted molar refractivity (Wildman–Crippen MR) is 123 cm³/mol. The molecule has 0 bridgehead atoms. The van der Waals surface area contributed by atoms with Crippen molar-refractivity contribution in [1.29, 1.82) is 0 Å². The summed E-state index contributed by atoms with van der Waals surface area (Å²) in [5.41, 5.74) is 0.874. The second kappa shape index (κ2) is 13.0. The van der Waals surface area contributed by atoms with E-state index in [9.17, 15) is 31.1 Å². The van der Waals surface area contributed by atoms with Crippen LogP contribution in [0.1, 0.15) is 29.8 Å². The first-order valence-corrected chi connectivity index (χ1v) is 12.1. The number of aromatic nitrogens is 1. The van der Waals surface area contributed by atoms with Gasteiger partial charge in [0.25, 0.3) is 0 Å². The summed E-state index contributed by atoms with van der Waals surface area (Å²) >= 11 is 1.82. The molecule has 2 saturated heterocycles. The van der Waals surface area contributed by atoms with Gasteiger partial charge >= 0.3 is 24.3 Å². The minimum atomic E-state index is -5.08. The maximum absolute atomic E-state index is 13.0. The molecule has 4 heterocycles. The molecule has 0 aliphatic carbocycles. The lowest BCUT2D eigenvalue weighted by atomic mass is 9.77. The van der Waals surface area contributed by atoms with Crippen molar-refractivity contribution in [3.05, 3.63) is 52.5 Å². The number of carbonyl (C=O) groups is 3. The highest BCUT2D eigenvalue weighted by atomic mass is 32.1. The lowest BCUT2D eigenvalue weighted by Gasteiger charge is -2.37. The van der Waals surface area contributed by atoms with Crippen LogP contribution in [-0.2, 0) is 27.5 Å². The number of hydrogen-bond donors (Lipinski definition) is 2. The normalized spacial score (nSPS) is 17.3. The van der Waals surface area contributed by atoms with Gasteiger partial charge in [-0.25, -0.2) is 9.59 Å². The van der Waals surface area contributed by atoms with Crippen molar-refractivity contribution < 1.29 is 50.9 Å². The molecule has 2 N–H and O–H groups in total. The van der Waals surface area contributed by atoms with E-state index >= 15 is 0 Å². The van der Waals surface area contributed by atoms with Crippen LogP contribution in [0.15, 0.2) is 41.9 Å². The van der Waals surface area contributed by atoms with Crippen LogP contribution in [0.25, 0.3) is 0 Å². The number of rotatable bonds is 4. The third kappa shape index (κ3) is 9.28. The van der Waals surface area contributed by atoms with Gasteiger partial charge < -0.3 is 15.1 Å². The van der Waals surface area contributed by atoms with E-state index in [0.717, 1.165) is 51.1 Å². The third-order valence-corrected chi connectivity index (χ3v) is 6.80. The van der Waals surface area contributed by atoms with E-state index < -0.39 is 24.3 Å². The molecule has 2 aliphatic heterocycles. The summed E-state index contributed by atoms with van der Waals surface area (Å²) in [6, 6.07) is 10.2. The molecule has 1 amide bonds. The quantitative estimate of drug-likeness (QED) is 0.525. The molecule has 210 valence electrons. The smallest absolute Gasteiger partial charge is 0.475 e. The number of thiophene rings is 1. The standard InChI is InChI=1S/C19H23N3OS.2C2HF3O2/c23-18-19(8-12-22(18)14-16-4-1-2-9-20-16)6-10-21(11-7-19)15-17-5-3-13-24-17;2*3-2(4,5)1(6)7/h1-5,9,13H,6-8,10-12,14-15H2;2*(H,6,7). The molecule has 0 atom stereocenters. The Labute approximate surface area is 217 Å². The number of pyridine rings is 1. The van der Waals surface area contributed by atoms with Gasteiger partial charge in [0.05, 0.1) is 17.7 Å². The number of carbonyl (C=O) groups excluding carboxylic acids is 1. The number of hydrogen-bond acceptors (Lipinski definition) is 6. The Morgan fingerprint density at radius 3 is 1.89 bits per heavy atom. The first-order valence-electron chi connectivity index (χ1n) is 11.2. The number of carboxylic acid groups (broad SMARTS) is 2. The van der Waals surface area contributed by atoms with Crippen LogP contribution in [0.2, 0.25) is 0 Å². The van der Waals surface area contributed by atoms with Crippen LogP contribution in [0.3, 0.4) is 0 Å². The summed E-state index contributed by atoms with van der Waals surface area (Å²) < 4.78 is 63.5. The Kier molecular flexibility index (Phi) is 10.6. The van der Waals surface area contributed by atoms with Crippen molar-refractivity contribution in [2.45, 2.75) is 44.7 Å². The Hall–Kier alpha value is -3.20. The molecule has 0 saturated carbocycles. The Morgan fingerprint density at radius 1 is 0.895 bits per heavy atom. The number of alkyl halides is 6. The monoisotopic (exact) mass is 569 g/mol. The molecule has 2 aliphatic rings. The number of halogens is 6. The van der Waals surface area contributed by atoms with E-state index in [2.05, 4.69) is 27.4 Å². The van der Waals surface area contributed by atoms with Gasteiger partial charge in [0.15, 0.2) is 0 Å². The van der Waals surface area contributed by atoms with Gasteiger partial charge in [-0.1, -0.05) is 12.1 Å². The van der Waals surface area contributed by atoms with Crippen molar-refractivity contribution in [2.24, 2.45) is 5.41 Å². The number of piperidine rings is 1. The number of nitrogens with zero attached hydrogens (tertiary/aromatic N) is 3. The van der Waals surface area contributed by atoms with Crippen molar-refractivity contribution in [3.8, 4) is 0 Å². The molecular weight excluding hydrogens is 544 g/mol. The number of amides is 1. The summed E-state index contributed by atoms with van der Waals surface area (Å²) in [6.07, 6.45) is -5.37. The van der Waals surface area contributed by atoms with Crippen LogP contribution in [0.5, 0.6) is 0 Å². The van der Waals surface area contributed by atoms with Crippen molar-refractivity contribution in [2.75, 3.05) is 19.6 Å². The van der Waals surface area contributed by atoms with Gasteiger partial charge in [-0.3, -0.25) is 14.7 Å². The van der Waals surface area contributed by atoms with Gasteiger partial charge in [-0.2, -0.15) is 26.3 Å². The van der Waals surface area contributed by atoms with Crippen molar-refractivity contribution >= 4 is 29.2 Å². The second-order valence-electron chi connectivity index (χ2n) is 8.54. The average molecular weight is 570 g/mol. The van der Waals surface area contributed by atoms with E-state index in [-0.39, 0.29) is 5.41 Å². The van der Waals surface area contributed by atoms with Crippen LogP contribution in [0.4, 0.5) is 26.3 Å². The van der Waals surface area contributed by atoms with Crippen molar-refractivity contribution in [3.63, 3.8) is 0 Å². The number of likely N-dealkylation sites (tertiary alicyclic amines) is 2. The Balaban J connectivity index is 0.000000301. The highest BCUT2D eigenvalue weighted by Gasteiger charge is 2.48. The SMILES string of the molecule is O=C(O)C(F)(F)F.O=C(O)C(F)(F)F.O=C1N(Cc2ccccn2)CCC12CCN(Cc1cccs1)CC2. The second-order valence-corrected chi connectivity index (χ2v) is 9.57. The summed E-state index contributed by atoms with van der Waals surface area (Å²) in [7, 11) is 0. The predicted octanol–water partition coefficient (Wildman–Crippen LogP) is 4.42. The molecule has 0 aromatic carbocycles. The van der Waals surface area contributed by atoms with E-state index in [4.69, 9.17) is 19.8 Å². The molecule has 4 rings (SSSR count). The highest BCUT2D eigenvalue weighted by Crippen LogP contribution is 2.42. The highest BCUT2D eigenvalue weighted by molar-refractivity contribution is 7.09. The topological polar surface area (TPSA) is 111 Å². The van der Waals surface area contributed by atoms with Crippen LogP contribution in [-0.4, -0.2) is 74.8 Å². The van der Waals surface area contributed by atoms with E-state index in [1.165, 1.54) is 4.88 Å². The van der Waals surface area contributed by atoms with Gasteiger partial charge in [0, 0.05) is 24.2 Å². The average Bonchev–Trinajstić information content (AvgIpc) is 3.45. The lowest BCUT2D eigenvalue weighted by Crippen LogP contribution is -2.44. The minimum Gasteiger partial charge on any atom is -0.475 e. The lowest BCUT2D eigenvalue weighted by molar-refractivity contribution is -0.193. The molecule has 2 aromatic heterocycles. The molecule has 38 heavy (non-hydrogen) atoms. The fraction of sp³-hybridized carbons (Fsp3) is 0.478. The van der Waals surface area contributed by atoms with Crippen LogP contribution < -0.4 is 0 Å². The number of carboxylic acids is 2. The first kappa shape index (κ1) is 31.0.